The van der Waals surface area contributed by atoms with Crippen molar-refractivity contribution in [2.75, 3.05) is 0 Å². The van der Waals surface area contributed by atoms with Crippen LogP contribution in [0.4, 0.5) is 0 Å². The predicted molar refractivity (Wildman–Crippen MR) is 76.0 cm³/mol. The lowest BCUT2D eigenvalue weighted by molar-refractivity contribution is -0.137. The highest BCUT2D eigenvalue weighted by Crippen LogP contribution is 2.28. The van der Waals surface area contributed by atoms with Crippen LogP contribution in [-0.4, -0.2) is 38.3 Å². The molecular weight excluding hydrogens is 292 g/mol. The molecule has 0 aliphatic carbocycles. The van der Waals surface area contributed by atoms with E-state index in [1.807, 2.05) is 0 Å². The van der Waals surface area contributed by atoms with Crippen molar-refractivity contribution >= 4 is 17.9 Å². The number of aliphatic carboxylic acids is 3. The molecule has 120 valence electrons. The van der Waals surface area contributed by atoms with Crippen molar-refractivity contribution in [1.82, 2.24) is 0 Å². The number of phenolic OH excluding ortho intramolecular Hbond substituents is 1. The standard InChI is InChI=1S/C15H18O7/c16-12(17)4-1-9-7-10(2-5-13(18)19)15(22)11(8-9)3-6-14(20)21/h7-8,22H,1-6H2,(H,16,17)(H,18,19)(H,20,21). The third-order valence-electron chi connectivity index (χ3n) is 3.17. The Hall–Kier alpha value is -2.57. The normalized spacial score (nSPS) is 10.4. The van der Waals surface area contributed by atoms with Crippen LogP contribution in [0.25, 0.3) is 0 Å². The van der Waals surface area contributed by atoms with Gasteiger partial charge in [0.2, 0.25) is 0 Å². The summed E-state index contributed by atoms with van der Waals surface area (Å²) in [5.41, 5.74) is 1.43. The first-order valence-corrected chi connectivity index (χ1v) is 6.78. The first-order valence-electron chi connectivity index (χ1n) is 6.78. The van der Waals surface area contributed by atoms with Gasteiger partial charge in [-0.2, -0.15) is 0 Å². The summed E-state index contributed by atoms with van der Waals surface area (Å²) in [5.74, 6) is -3.10. The number of hydrogen-bond donors (Lipinski definition) is 4. The topological polar surface area (TPSA) is 132 Å². The zero-order chi connectivity index (χ0) is 16.7. The fraction of sp³-hybridized carbons (Fsp3) is 0.400. The maximum atomic E-state index is 10.6. The molecule has 22 heavy (non-hydrogen) atoms. The second kappa shape index (κ2) is 8.02. The molecule has 7 heteroatoms. The van der Waals surface area contributed by atoms with Crippen LogP contribution < -0.4 is 0 Å². The van der Waals surface area contributed by atoms with Gasteiger partial charge in [0, 0.05) is 19.3 Å². The zero-order valence-corrected chi connectivity index (χ0v) is 11.9. The molecule has 0 spiro atoms. The average molecular weight is 310 g/mol. The Balaban J connectivity index is 3.03. The third kappa shape index (κ3) is 5.82. The lowest BCUT2D eigenvalue weighted by atomic mass is 9.96. The molecule has 0 saturated heterocycles. The number of aryl methyl sites for hydroxylation is 3. The largest absolute Gasteiger partial charge is 0.507 e. The molecule has 0 fully saturated rings. The minimum Gasteiger partial charge on any atom is -0.507 e. The Bertz CT molecular complexity index is 538. The summed E-state index contributed by atoms with van der Waals surface area (Å²) >= 11 is 0. The molecule has 0 unspecified atom stereocenters. The van der Waals surface area contributed by atoms with E-state index in [0.717, 1.165) is 0 Å². The van der Waals surface area contributed by atoms with Crippen LogP contribution >= 0.6 is 0 Å². The van der Waals surface area contributed by atoms with Gasteiger partial charge < -0.3 is 20.4 Å². The van der Waals surface area contributed by atoms with Gasteiger partial charge in [-0.3, -0.25) is 14.4 Å². The van der Waals surface area contributed by atoms with Gasteiger partial charge in [-0.1, -0.05) is 12.1 Å². The number of phenols is 1. The summed E-state index contributed by atoms with van der Waals surface area (Å²) in [6.45, 7) is 0. The lowest BCUT2D eigenvalue weighted by Gasteiger charge is -2.12. The summed E-state index contributed by atoms with van der Waals surface area (Å²) in [7, 11) is 0. The fourth-order valence-corrected chi connectivity index (χ4v) is 2.09. The van der Waals surface area contributed by atoms with Crippen molar-refractivity contribution in [1.29, 1.82) is 0 Å². The van der Waals surface area contributed by atoms with Gasteiger partial charge in [-0.25, -0.2) is 0 Å². The van der Waals surface area contributed by atoms with Crippen LogP contribution in [0.3, 0.4) is 0 Å². The molecule has 0 atom stereocenters. The van der Waals surface area contributed by atoms with Crippen molar-refractivity contribution in [3.8, 4) is 5.75 Å². The Morgan fingerprint density at radius 2 is 1.09 bits per heavy atom. The third-order valence-corrected chi connectivity index (χ3v) is 3.17. The van der Waals surface area contributed by atoms with Gasteiger partial charge in [0.05, 0.1) is 0 Å². The summed E-state index contributed by atoms with van der Waals surface area (Å²) in [6.07, 6.45) is -0.00972. The van der Waals surface area contributed by atoms with Gasteiger partial charge in [-0.15, -0.1) is 0 Å². The summed E-state index contributed by atoms with van der Waals surface area (Å²) in [4.78, 5) is 31.9. The van der Waals surface area contributed by atoms with Gasteiger partial charge in [0.25, 0.3) is 0 Å². The minimum absolute atomic E-state index is 0.0957. The van der Waals surface area contributed by atoms with E-state index in [-0.39, 0.29) is 44.3 Å². The maximum absolute atomic E-state index is 10.6. The zero-order valence-electron chi connectivity index (χ0n) is 11.9. The number of rotatable bonds is 9. The van der Waals surface area contributed by atoms with E-state index in [4.69, 9.17) is 15.3 Å². The molecule has 0 heterocycles. The van der Waals surface area contributed by atoms with Gasteiger partial charge in [0.15, 0.2) is 0 Å². The molecule has 0 aromatic heterocycles. The van der Waals surface area contributed by atoms with Gasteiger partial charge in [-0.05, 0) is 36.0 Å². The molecule has 4 N–H and O–H groups in total. The molecule has 0 bridgehead atoms. The molecule has 0 aliphatic rings. The van der Waals surface area contributed by atoms with Crippen molar-refractivity contribution in [2.45, 2.75) is 38.5 Å². The molecule has 0 aliphatic heterocycles. The Kier molecular flexibility index (Phi) is 6.37. The molecule has 0 saturated carbocycles. The van der Waals surface area contributed by atoms with Crippen molar-refractivity contribution in [3.05, 3.63) is 28.8 Å². The van der Waals surface area contributed by atoms with E-state index in [2.05, 4.69) is 0 Å². The first kappa shape index (κ1) is 17.5. The average Bonchev–Trinajstić information content (AvgIpc) is 2.42. The quantitative estimate of drug-likeness (QED) is 0.542. The number of carbonyl (C=O) groups is 3. The Morgan fingerprint density at radius 3 is 1.45 bits per heavy atom. The second-order valence-electron chi connectivity index (χ2n) is 4.94. The van der Waals surface area contributed by atoms with E-state index < -0.39 is 17.9 Å². The predicted octanol–water partition coefficient (Wildman–Crippen LogP) is 1.44. The highest BCUT2D eigenvalue weighted by molar-refractivity contribution is 5.69. The molecule has 7 nitrogen and oxygen atoms in total. The summed E-state index contributed by atoms with van der Waals surface area (Å²) in [5, 5.41) is 36.3. The van der Waals surface area contributed by atoms with Crippen molar-refractivity contribution in [2.24, 2.45) is 0 Å². The van der Waals surface area contributed by atoms with Crippen LogP contribution in [0.2, 0.25) is 0 Å². The number of carboxylic acid groups (broad SMARTS) is 3. The monoisotopic (exact) mass is 310 g/mol. The molecule has 0 amide bonds. The van der Waals surface area contributed by atoms with Crippen LogP contribution in [0.15, 0.2) is 12.1 Å². The maximum Gasteiger partial charge on any atom is 0.303 e. The van der Waals surface area contributed by atoms with Crippen molar-refractivity contribution < 1.29 is 34.8 Å². The van der Waals surface area contributed by atoms with Crippen LogP contribution in [0.5, 0.6) is 5.75 Å². The minimum atomic E-state index is -1.01. The van der Waals surface area contributed by atoms with E-state index in [1.54, 1.807) is 12.1 Å². The number of benzene rings is 1. The Morgan fingerprint density at radius 1 is 0.727 bits per heavy atom. The SMILES string of the molecule is O=C(O)CCc1cc(CCC(=O)O)c(O)c(CCC(=O)O)c1. The van der Waals surface area contributed by atoms with Gasteiger partial charge >= 0.3 is 17.9 Å². The summed E-state index contributed by atoms with van der Waals surface area (Å²) < 4.78 is 0. The lowest BCUT2D eigenvalue weighted by Crippen LogP contribution is -2.04. The molecule has 1 aromatic carbocycles. The molecule has 0 radical (unpaired) electrons. The van der Waals surface area contributed by atoms with Gasteiger partial charge in [0.1, 0.15) is 5.75 Å². The molecule has 1 rings (SSSR count). The van der Waals surface area contributed by atoms with E-state index >= 15 is 0 Å². The van der Waals surface area contributed by atoms with E-state index in [1.165, 1.54) is 0 Å². The second-order valence-corrected chi connectivity index (χ2v) is 4.94. The van der Waals surface area contributed by atoms with Crippen LogP contribution in [0.1, 0.15) is 36.0 Å². The first-order chi connectivity index (χ1) is 10.3. The van der Waals surface area contributed by atoms with E-state index in [9.17, 15) is 19.5 Å². The highest BCUT2D eigenvalue weighted by Gasteiger charge is 2.13. The molecular formula is C15H18O7. The number of aromatic hydroxyl groups is 1. The van der Waals surface area contributed by atoms with Crippen LogP contribution in [-0.2, 0) is 33.6 Å². The smallest absolute Gasteiger partial charge is 0.303 e. The Labute approximate surface area is 126 Å². The summed E-state index contributed by atoms with van der Waals surface area (Å²) in [6, 6.07) is 3.15. The molecule has 1 aromatic rings. The highest BCUT2D eigenvalue weighted by atomic mass is 16.4. The van der Waals surface area contributed by atoms with Crippen molar-refractivity contribution in [3.63, 3.8) is 0 Å². The number of carboxylic acids is 3. The van der Waals surface area contributed by atoms with E-state index in [0.29, 0.717) is 16.7 Å². The van der Waals surface area contributed by atoms with Crippen LogP contribution in [0, 0.1) is 0 Å². The fourth-order valence-electron chi connectivity index (χ4n) is 2.09. The number of hydrogen-bond acceptors (Lipinski definition) is 4.